The van der Waals surface area contributed by atoms with Gasteiger partial charge in [0.1, 0.15) is 11.5 Å². The maximum absolute atomic E-state index is 13.1. The maximum atomic E-state index is 13.1. The van der Waals surface area contributed by atoms with Crippen molar-refractivity contribution in [2.24, 2.45) is 11.8 Å². The van der Waals surface area contributed by atoms with Gasteiger partial charge in [-0.15, -0.1) is 0 Å². The molecule has 3 rings (SSSR count). The Morgan fingerprint density at radius 3 is 2.19 bits per heavy atom. The lowest BCUT2D eigenvalue weighted by atomic mass is 9.82. The lowest BCUT2D eigenvalue weighted by Crippen LogP contribution is -2.35. The van der Waals surface area contributed by atoms with E-state index in [0.717, 1.165) is 61.2 Å². The topological polar surface area (TPSA) is 84.9 Å². The van der Waals surface area contributed by atoms with Gasteiger partial charge in [-0.25, -0.2) is 4.79 Å². The van der Waals surface area contributed by atoms with Crippen molar-refractivity contribution in [3.05, 3.63) is 59.2 Å². The molecule has 0 aromatic heterocycles. The Hall–Kier alpha value is -3.02. The van der Waals surface area contributed by atoms with Crippen LogP contribution >= 0.6 is 0 Å². The Labute approximate surface area is 183 Å². The third kappa shape index (κ3) is 6.23. The molecule has 6 nitrogen and oxygen atoms in total. The number of carboxylic acid groups (broad SMARTS) is 1. The Kier molecular flexibility index (Phi) is 7.93. The largest absolute Gasteiger partial charge is 0.497 e. The Morgan fingerprint density at radius 2 is 1.58 bits per heavy atom. The molecule has 0 aliphatic heterocycles. The van der Waals surface area contributed by atoms with Gasteiger partial charge in [-0.05, 0) is 60.6 Å². The minimum absolute atomic E-state index is 0.0435. The van der Waals surface area contributed by atoms with Crippen molar-refractivity contribution in [2.45, 2.75) is 45.1 Å². The van der Waals surface area contributed by atoms with E-state index < -0.39 is 5.97 Å². The molecule has 1 amide bonds. The van der Waals surface area contributed by atoms with Gasteiger partial charge in [0.15, 0.2) is 0 Å². The van der Waals surface area contributed by atoms with E-state index in [1.165, 1.54) is 0 Å². The lowest BCUT2D eigenvalue weighted by molar-refractivity contribution is -0.127. The van der Waals surface area contributed by atoms with E-state index in [0.29, 0.717) is 6.54 Å². The molecule has 2 aromatic rings. The van der Waals surface area contributed by atoms with E-state index in [-0.39, 0.29) is 23.3 Å². The predicted octanol–water partition coefficient (Wildman–Crippen LogP) is 4.46. The second kappa shape index (κ2) is 10.8. The molecule has 0 saturated heterocycles. The predicted molar refractivity (Wildman–Crippen MR) is 119 cm³/mol. The molecule has 0 bridgehead atoms. The van der Waals surface area contributed by atoms with Crippen molar-refractivity contribution in [3.8, 4) is 11.5 Å². The third-order valence-electron chi connectivity index (χ3n) is 6.07. The molecular weight excluding hydrogens is 394 g/mol. The van der Waals surface area contributed by atoms with Crippen LogP contribution in [-0.2, 0) is 17.8 Å². The second-order valence-electron chi connectivity index (χ2n) is 8.15. The summed E-state index contributed by atoms with van der Waals surface area (Å²) < 4.78 is 10.8. The van der Waals surface area contributed by atoms with Crippen LogP contribution in [0.3, 0.4) is 0 Å². The number of carboxylic acids is 1. The number of rotatable bonds is 8. The van der Waals surface area contributed by atoms with Gasteiger partial charge in [0.05, 0.1) is 19.8 Å². The van der Waals surface area contributed by atoms with Gasteiger partial charge in [-0.1, -0.05) is 31.4 Å². The highest BCUT2D eigenvalue weighted by Crippen LogP contribution is 2.33. The number of carbonyl (C=O) groups excluding carboxylic acids is 1. The van der Waals surface area contributed by atoms with E-state index in [1.807, 2.05) is 18.2 Å². The molecule has 1 aliphatic carbocycles. The van der Waals surface area contributed by atoms with Gasteiger partial charge < -0.3 is 19.9 Å². The fourth-order valence-corrected chi connectivity index (χ4v) is 4.35. The summed E-state index contributed by atoms with van der Waals surface area (Å²) in [5.41, 5.74) is 2.25. The van der Waals surface area contributed by atoms with E-state index in [9.17, 15) is 9.59 Å². The van der Waals surface area contributed by atoms with Gasteiger partial charge >= 0.3 is 5.97 Å². The number of benzene rings is 2. The van der Waals surface area contributed by atoms with Crippen molar-refractivity contribution in [1.82, 2.24) is 5.32 Å². The van der Waals surface area contributed by atoms with Crippen molar-refractivity contribution in [1.29, 1.82) is 0 Å². The normalized spacial score (nSPS) is 18.6. The average molecular weight is 426 g/mol. The standard InChI is InChI=1S/C25H31NO5/c1-30-21-13-18(14-22(15-21)31-2)12-20-6-4-3-5-7-23(20)24(27)26-16-17-8-10-19(11-9-17)25(28)29/h8-11,13-15,20,23H,3-7,12,16H2,1-2H3,(H,26,27)(H,28,29). The van der Waals surface area contributed by atoms with Crippen molar-refractivity contribution in [2.75, 3.05) is 14.2 Å². The first-order valence-electron chi connectivity index (χ1n) is 10.8. The second-order valence-corrected chi connectivity index (χ2v) is 8.15. The summed E-state index contributed by atoms with van der Waals surface area (Å²) >= 11 is 0. The van der Waals surface area contributed by atoms with Crippen LogP contribution in [0.4, 0.5) is 0 Å². The van der Waals surface area contributed by atoms with E-state index in [1.54, 1.807) is 38.5 Å². The number of methoxy groups -OCH3 is 2. The number of nitrogens with one attached hydrogen (secondary N) is 1. The zero-order valence-corrected chi connectivity index (χ0v) is 18.2. The average Bonchev–Trinajstić information content (AvgIpc) is 3.02. The SMILES string of the molecule is COc1cc(CC2CCCCCC2C(=O)NCc2ccc(C(=O)O)cc2)cc(OC)c1. The summed E-state index contributed by atoms with van der Waals surface area (Å²) in [6.07, 6.45) is 6.05. The van der Waals surface area contributed by atoms with Crippen LogP contribution in [0.2, 0.25) is 0 Å². The van der Waals surface area contributed by atoms with E-state index >= 15 is 0 Å². The molecule has 0 heterocycles. The van der Waals surface area contributed by atoms with Crippen LogP contribution in [0.25, 0.3) is 0 Å². The number of hydrogen-bond acceptors (Lipinski definition) is 4. The zero-order chi connectivity index (χ0) is 22.2. The first-order valence-corrected chi connectivity index (χ1v) is 10.8. The van der Waals surface area contributed by atoms with Gasteiger partial charge in [-0.2, -0.15) is 0 Å². The van der Waals surface area contributed by atoms with Crippen LogP contribution in [0.1, 0.15) is 53.6 Å². The quantitative estimate of drug-likeness (QED) is 0.610. The first kappa shape index (κ1) is 22.7. The summed E-state index contributed by atoms with van der Waals surface area (Å²) in [6, 6.07) is 12.5. The number of aromatic carboxylic acids is 1. The molecule has 31 heavy (non-hydrogen) atoms. The highest BCUT2D eigenvalue weighted by molar-refractivity contribution is 5.87. The monoisotopic (exact) mass is 425 g/mol. The van der Waals surface area contributed by atoms with Crippen LogP contribution < -0.4 is 14.8 Å². The highest BCUT2D eigenvalue weighted by atomic mass is 16.5. The minimum atomic E-state index is -0.953. The van der Waals surface area contributed by atoms with Crippen LogP contribution in [0.5, 0.6) is 11.5 Å². The zero-order valence-electron chi connectivity index (χ0n) is 18.2. The van der Waals surface area contributed by atoms with Crippen LogP contribution in [0.15, 0.2) is 42.5 Å². The fraction of sp³-hybridized carbons (Fsp3) is 0.440. The van der Waals surface area contributed by atoms with Gasteiger partial charge in [0.2, 0.25) is 5.91 Å². The van der Waals surface area contributed by atoms with Crippen molar-refractivity contribution >= 4 is 11.9 Å². The van der Waals surface area contributed by atoms with E-state index in [2.05, 4.69) is 5.32 Å². The van der Waals surface area contributed by atoms with Gasteiger partial charge in [0, 0.05) is 18.5 Å². The molecular formula is C25H31NO5. The summed E-state index contributed by atoms with van der Waals surface area (Å²) in [7, 11) is 3.28. The Morgan fingerprint density at radius 1 is 0.935 bits per heavy atom. The molecule has 0 spiro atoms. The van der Waals surface area contributed by atoms with Gasteiger partial charge in [0.25, 0.3) is 0 Å². The maximum Gasteiger partial charge on any atom is 0.335 e. The molecule has 166 valence electrons. The van der Waals surface area contributed by atoms with Crippen molar-refractivity contribution in [3.63, 3.8) is 0 Å². The number of hydrogen-bond donors (Lipinski definition) is 2. The Bertz CT molecular complexity index is 871. The van der Waals surface area contributed by atoms with Crippen LogP contribution in [-0.4, -0.2) is 31.2 Å². The molecule has 2 unspecified atom stereocenters. The molecule has 1 fully saturated rings. The number of carbonyl (C=O) groups is 2. The molecule has 0 radical (unpaired) electrons. The molecule has 2 N–H and O–H groups in total. The van der Waals surface area contributed by atoms with Crippen LogP contribution in [0, 0.1) is 11.8 Å². The molecule has 1 saturated carbocycles. The Balaban J connectivity index is 1.68. The van der Waals surface area contributed by atoms with Gasteiger partial charge in [-0.3, -0.25) is 4.79 Å². The molecule has 1 aliphatic rings. The summed E-state index contributed by atoms with van der Waals surface area (Å²) in [6.45, 7) is 0.398. The van der Waals surface area contributed by atoms with E-state index in [4.69, 9.17) is 14.6 Å². The highest BCUT2D eigenvalue weighted by Gasteiger charge is 2.30. The molecule has 2 aromatic carbocycles. The lowest BCUT2D eigenvalue weighted by Gasteiger charge is -2.25. The third-order valence-corrected chi connectivity index (χ3v) is 6.07. The minimum Gasteiger partial charge on any atom is -0.497 e. The molecule has 2 atom stereocenters. The molecule has 6 heteroatoms. The first-order chi connectivity index (χ1) is 15.0. The fourth-order valence-electron chi connectivity index (χ4n) is 4.35. The summed E-state index contributed by atoms with van der Waals surface area (Å²) in [5.74, 6) is 0.851. The smallest absolute Gasteiger partial charge is 0.335 e. The number of amides is 1. The number of ether oxygens (including phenoxy) is 2. The van der Waals surface area contributed by atoms with Crippen molar-refractivity contribution < 1.29 is 24.2 Å². The summed E-state index contributed by atoms with van der Waals surface area (Å²) in [4.78, 5) is 24.1. The summed E-state index contributed by atoms with van der Waals surface area (Å²) in [5, 5.41) is 12.1.